The lowest BCUT2D eigenvalue weighted by Gasteiger charge is -2.20. The van der Waals surface area contributed by atoms with E-state index in [1.807, 2.05) is 12.1 Å². The number of methoxy groups -OCH3 is 3. The third-order valence-electron chi connectivity index (χ3n) is 4.12. The van der Waals surface area contributed by atoms with Crippen LogP contribution in [0.4, 0.5) is 0 Å². The number of nitrogens with zero attached hydrogens (tertiary/aromatic N) is 1. The van der Waals surface area contributed by atoms with Crippen LogP contribution in [0.3, 0.4) is 0 Å². The summed E-state index contributed by atoms with van der Waals surface area (Å²) in [6, 6.07) is 8.66. The maximum atomic E-state index is 10.1. The van der Waals surface area contributed by atoms with E-state index in [2.05, 4.69) is 4.98 Å². The van der Waals surface area contributed by atoms with Gasteiger partial charge in [0.1, 0.15) is 17.6 Å². The van der Waals surface area contributed by atoms with E-state index in [1.54, 1.807) is 39.7 Å². The molecule has 0 fully saturated rings. The molecular formula is C19H19NO5. The first-order chi connectivity index (χ1) is 12.1. The average molecular weight is 341 g/mol. The van der Waals surface area contributed by atoms with Crippen LogP contribution in [0.15, 0.2) is 42.7 Å². The van der Waals surface area contributed by atoms with Crippen molar-refractivity contribution in [3.63, 3.8) is 0 Å². The molecule has 2 N–H and O–H groups in total. The molecule has 0 aliphatic heterocycles. The van der Waals surface area contributed by atoms with Crippen LogP contribution in [-0.4, -0.2) is 36.5 Å². The summed E-state index contributed by atoms with van der Waals surface area (Å²) in [6.07, 6.45) is 2.73. The second-order valence-electron chi connectivity index (χ2n) is 5.52. The zero-order chi connectivity index (χ0) is 18.0. The molecule has 1 heterocycles. The number of fused-ring (bicyclic) bond motifs is 1. The van der Waals surface area contributed by atoms with Crippen LogP contribution < -0.4 is 9.47 Å². The third kappa shape index (κ3) is 3.04. The predicted molar refractivity (Wildman–Crippen MR) is 93.5 cm³/mol. The molecule has 1 aromatic heterocycles. The van der Waals surface area contributed by atoms with E-state index in [-0.39, 0.29) is 11.5 Å². The van der Waals surface area contributed by atoms with Gasteiger partial charge in [0.05, 0.1) is 14.2 Å². The predicted octanol–water partition coefficient (Wildman–Crippen LogP) is 3.40. The van der Waals surface area contributed by atoms with E-state index >= 15 is 0 Å². The Labute approximate surface area is 145 Å². The number of aromatic hydroxyl groups is 2. The monoisotopic (exact) mass is 341 g/mol. The van der Waals surface area contributed by atoms with Gasteiger partial charge in [-0.3, -0.25) is 4.98 Å². The fourth-order valence-electron chi connectivity index (χ4n) is 2.87. The molecule has 25 heavy (non-hydrogen) atoms. The molecule has 6 heteroatoms. The van der Waals surface area contributed by atoms with Gasteiger partial charge in [-0.1, -0.05) is 0 Å². The average Bonchev–Trinajstić information content (AvgIpc) is 2.65. The Morgan fingerprint density at radius 1 is 0.880 bits per heavy atom. The lowest BCUT2D eigenvalue weighted by molar-refractivity contribution is 0.137. The zero-order valence-corrected chi connectivity index (χ0v) is 14.2. The summed E-state index contributed by atoms with van der Waals surface area (Å²) in [5.74, 6) is 0.892. The molecule has 1 atom stereocenters. The molecular weight excluding hydrogens is 322 g/mol. The van der Waals surface area contributed by atoms with Gasteiger partial charge in [-0.25, -0.2) is 0 Å². The minimum absolute atomic E-state index is 0.191. The van der Waals surface area contributed by atoms with E-state index in [9.17, 15) is 10.2 Å². The number of ether oxygens (including phenoxy) is 3. The second kappa shape index (κ2) is 6.86. The van der Waals surface area contributed by atoms with Crippen molar-refractivity contribution in [3.8, 4) is 23.0 Å². The molecule has 0 aliphatic rings. The molecule has 3 rings (SSSR count). The van der Waals surface area contributed by atoms with Crippen molar-refractivity contribution in [2.24, 2.45) is 0 Å². The minimum atomic E-state index is -0.454. The molecule has 3 aromatic rings. The fraction of sp³-hybridized carbons (Fsp3) is 0.211. The Hall–Kier alpha value is -2.99. The van der Waals surface area contributed by atoms with Gasteiger partial charge in [-0.05, 0) is 35.2 Å². The number of pyridine rings is 1. The molecule has 0 saturated carbocycles. The smallest absolute Gasteiger partial charge is 0.167 e. The van der Waals surface area contributed by atoms with Gasteiger partial charge in [-0.2, -0.15) is 0 Å². The van der Waals surface area contributed by atoms with Crippen molar-refractivity contribution in [1.29, 1.82) is 0 Å². The van der Waals surface area contributed by atoms with E-state index < -0.39 is 6.10 Å². The normalized spacial score (nSPS) is 12.1. The highest BCUT2D eigenvalue weighted by molar-refractivity contribution is 5.92. The lowest BCUT2D eigenvalue weighted by atomic mass is 9.97. The number of hydrogen-bond donors (Lipinski definition) is 2. The third-order valence-corrected chi connectivity index (χ3v) is 4.12. The number of hydrogen-bond acceptors (Lipinski definition) is 6. The number of aromatic nitrogens is 1. The Kier molecular flexibility index (Phi) is 4.63. The molecule has 0 saturated heterocycles. The van der Waals surface area contributed by atoms with Crippen LogP contribution in [-0.2, 0) is 4.74 Å². The SMILES string of the molecule is COc1cc(OC)cc(C(OC)c2cncc3c(O)c(O)ccc23)c1. The van der Waals surface area contributed by atoms with Crippen molar-refractivity contribution in [2.45, 2.75) is 6.10 Å². The number of phenolic OH excluding ortho intramolecular Hbond substituents is 2. The minimum Gasteiger partial charge on any atom is -0.504 e. The molecule has 2 aromatic carbocycles. The number of phenols is 2. The number of benzene rings is 2. The summed E-state index contributed by atoms with van der Waals surface area (Å²) < 4.78 is 16.4. The highest BCUT2D eigenvalue weighted by Crippen LogP contribution is 2.39. The van der Waals surface area contributed by atoms with Crippen LogP contribution in [0.5, 0.6) is 23.0 Å². The summed E-state index contributed by atoms with van der Waals surface area (Å²) in [6.45, 7) is 0. The molecule has 1 unspecified atom stereocenters. The summed E-state index contributed by atoms with van der Waals surface area (Å²) in [4.78, 5) is 4.18. The Morgan fingerprint density at radius 3 is 2.16 bits per heavy atom. The number of rotatable bonds is 5. The summed E-state index contributed by atoms with van der Waals surface area (Å²) in [5, 5.41) is 21.0. The van der Waals surface area contributed by atoms with E-state index in [0.29, 0.717) is 16.9 Å². The van der Waals surface area contributed by atoms with Crippen LogP contribution in [0.25, 0.3) is 10.8 Å². The second-order valence-corrected chi connectivity index (χ2v) is 5.52. The summed E-state index contributed by atoms with van der Waals surface area (Å²) in [7, 11) is 4.76. The topological polar surface area (TPSA) is 81.0 Å². The molecule has 0 bridgehead atoms. The standard InChI is InChI=1S/C19H19NO5/c1-23-12-6-11(7-13(8-12)24-2)19(25-3)16-10-20-9-15-14(16)4-5-17(21)18(15)22/h4-10,19,21-22H,1-3H3. The first kappa shape index (κ1) is 16.9. The van der Waals surface area contributed by atoms with Crippen LogP contribution in [0, 0.1) is 0 Å². The largest absolute Gasteiger partial charge is 0.504 e. The van der Waals surface area contributed by atoms with Gasteiger partial charge in [-0.15, -0.1) is 0 Å². The van der Waals surface area contributed by atoms with E-state index in [0.717, 1.165) is 16.5 Å². The van der Waals surface area contributed by atoms with Crippen molar-refractivity contribution in [2.75, 3.05) is 21.3 Å². The molecule has 0 aliphatic carbocycles. The van der Waals surface area contributed by atoms with Crippen LogP contribution >= 0.6 is 0 Å². The molecule has 0 amide bonds. The van der Waals surface area contributed by atoms with Gasteiger partial charge in [0.2, 0.25) is 0 Å². The van der Waals surface area contributed by atoms with Gasteiger partial charge in [0.15, 0.2) is 11.5 Å². The summed E-state index contributed by atoms with van der Waals surface area (Å²) >= 11 is 0. The maximum Gasteiger partial charge on any atom is 0.167 e. The Bertz CT molecular complexity index is 887. The molecule has 130 valence electrons. The van der Waals surface area contributed by atoms with Gasteiger partial charge in [0.25, 0.3) is 0 Å². The van der Waals surface area contributed by atoms with Crippen molar-refractivity contribution < 1.29 is 24.4 Å². The van der Waals surface area contributed by atoms with Gasteiger partial charge >= 0.3 is 0 Å². The van der Waals surface area contributed by atoms with Gasteiger partial charge in [0, 0.05) is 36.5 Å². The fourth-order valence-corrected chi connectivity index (χ4v) is 2.87. The molecule has 0 radical (unpaired) electrons. The Morgan fingerprint density at radius 2 is 1.56 bits per heavy atom. The van der Waals surface area contributed by atoms with E-state index in [1.165, 1.54) is 12.3 Å². The maximum absolute atomic E-state index is 10.1. The van der Waals surface area contributed by atoms with Crippen LogP contribution in [0.2, 0.25) is 0 Å². The first-order valence-corrected chi connectivity index (χ1v) is 7.63. The molecule has 0 spiro atoms. The quantitative estimate of drug-likeness (QED) is 0.692. The summed E-state index contributed by atoms with van der Waals surface area (Å²) in [5.41, 5.74) is 1.58. The van der Waals surface area contributed by atoms with Crippen molar-refractivity contribution in [3.05, 3.63) is 53.9 Å². The Balaban J connectivity index is 2.20. The van der Waals surface area contributed by atoms with Crippen molar-refractivity contribution >= 4 is 10.8 Å². The zero-order valence-electron chi connectivity index (χ0n) is 14.2. The highest BCUT2D eigenvalue weighted by Gasteiger charge is 2.20. The highest BCUT2D eigenvalue weighted by atomic mass is 16.5. The van der Waals surface area contributed by atoms with Gasteiger partial charge < -0.3 is 24.4 Å². The first-order valence-electron chi connectivity index (χ1n) is 7.63. The van der Waals surface area contributed by atoms with E-state index in [4.69, 9.17) is 14.2 Å². The van der Waals surface area contributed by atoms with Crippen LogP contribution in [0.1, 0.15) is 17.2 Å². The lowest BCUT2D eigenvalue weighted by Crippen LogP contribution is -2.06. The molecule has 6 nitrogen and oxygen atoms in total. The van der Waals surface area contributed by atoms with Crippen molar-refractivity contribution in [1.82, 2.24) is 4.98 Å².